The highest BCUT2D eigenvalue weighted by Gasteiger charge is 2.44. The van der Waals surface area contributed by atoms with Gasteiger partial charge in [-0.2, -0.15) is 5.26 Å². The summed E-state index contributed by atoms with van der Waals surface area (Å²) in [6.07, 6.45) is 5.58. The van der Waals surface area contributed by atoms with Crippen LogP contribution in [0.2, 0.25) is 5.02 Å². The fourth-order valence-electron chi connectivity index (χ4n) is 5.61. The van der Waals surface area contributed by atoms with Crippen LogP contribution in [0.15, 0.2) is 66.7 Å². The average molecular weight is 500 g/mol. The molecule has 2 unspecified atom stereocenters. The van der Waals surface area contributed by atoms with E-state index in [1.54, 1.807) is 0 Å². The van der Waals surface area contributed by atoms with E-state index in [2.05, 4.69) is 52.7 Å². The van der Waals surface area contributed by atoms with E-state index in [1.165, 1.54) is 6.42 Å². The molecule has 1 saturated heterocycles. The van der Waals surface area contributed by atoms with Crippen molar-refractivity contribution in [1.82, 2.24) is 0 Å². The second kappa shape index (κ2) is 10.0. The summed E-state index contributed by atoms with van der Waals surface area (Å²) >= 11 is 6.33. The van der Waals surface area contributed by atoms with Crippen LogP contribution in [-0.2, 0) is 4.74 Å². The molecule has 0 amide bonds. The molecule has 2 atom stereocenters. The molecular formula is C30H30ClN3O2. The molecule has 6 rings (SSSR count). The summed E-state index contributed by atoms with van der Waals surface area (Å²) in [6.45, 7) is 1.51. The molecule has 1 saturated carbocycles. The summed E-state index contributed by atoms with van der Waals surface area (Å²) in [6, 6.07) is 25.6. The molecule has 36 heavy (non-hydrogen) atoms. The van der Waals surface area contributed by atoms with Crippen LogP contribution in [0.1, 0.15) is 55.2 Å². The summed E-state index contributed by atoms with van der Waals surface area (Å²) < 4.78 is 11.8. The van der Waals surface area contributed by atoms with E-state index in [-0.39, 0.29) is 18.1 Å². The smallest absolute Gasteiger partial charge is 0.121 e. The molecule has 0 bridgehead atoms. The number of nitriles is 1. The van der Waals surface area contributed by atoms with E-state index in [9.17, 15) is 5.26 Å². The normalized spacial score (nSPS) is 21.9. The maximum absolute atomic E-state index is 10.3. The number of ether oxygens (including phenoxy) is 2. The maximum Gasteiger partial charge on any atom is 0.121 e. The molecule has 1 aliphatic carbocycles. The molecule has 1 N–H and O–H groups in total. The zero-order valence-corrected chi connectivity index (χ0v) is 21.0. The predicted octanol–water partition coefficient (Wildman–Crippen LogP) is 7.36. The van der Waals surface area contributed by atoms with Gasteiger partial charge < -0.3 is 19.7 Å². The lowest BCUT2D eigenvalue weighted by Crippen LogP contribution is -2.41. The molecule has 0 aromatic heterocycles. The summed E-state index contributed by atoms with van der Waals surface area (Å²) in [7, 11) is 0. The Morgan fingerprint density at radius 3 is 2.44 bits per heavy atom. The number of benzene rings is 3. The molecule has 3 aromatic rings. The van der Waals surface area contributed by atoms with Gasteiger partial charge in [-0.3, -0.25) is 0 Å². The minimum atomic E-state index is -0.222. The molecule has 5 nitrogen and oxygen atoms in total. The highest BCUT2D eigenvalue weighted by atomic mass is 35.5. The molecule has 2 fully saturated rings. The van der Waals surface area contributed by atoms with Crippen molar-refractivity contribution in [3.8, 4) is 11.8 Å². The number of fused-ring (bicyclic) bond motifs is 1. The first-order valence-electron chi connectivity index (χ1n) is 12.9. The van der Waals surface area contributed by atoms with E-state index in [4.69, 9.17) is 21.1 Å². The number of hydrogen-bond donors (Lipinski definition) is 1. The first-order valence-corrected chi connectivity index (χ1v) is 13.3. The van der Waals surface area contributed by atoms with Crippen LogP contribution in [0.5, 0.6) is 5.75 Å². The van der Waals surface area contributed by atoms with Gasteiger partial charge in [0.1, 0.15) is 11.9 Å². The average Bonchev–Trinajstić information content (AvgIpc) is 3.19. The van der Waals surface area contributed by atoms with Gasteiger partial charge in [0.15, 0.2) is 0 Å². The van der Waals surface area contributed by atoms with Gasteiger partial charge in [0.2, 0.25) is 0 Å². The Morgan fingerprint density at radius 2 is 1.75 bits per heavy atom. The fourth-order valence-corrected chi connectivity index (χ4v) is 5.80. The van der Waals surface area contributed by atoms with Gasteiger partial charge in [-0.25, -0.2) is 0 Å². The third kappa shape index (κ3) is 4.40. The Labute approximate surface area is 217 Å². The predicted molar refractivity (Wildman–Crippen MR) is 143 cm³/mol. The Balaban J connectivity index is 1.29. The van der Waals surface area contributed by atoms with Crippen LogP contribution in [-0.4, -0.2) is 25.4 Å². The number of nitrogens with zero attached hydrogens (tertiary/aromatic N) is 2. The fraction of sp³-hybridized carbons (Fsp3) is 0.367. The maximum atomic E-state index is 10.3. The van der Waals surface area contributed by atoms with Crippen molar-refractivity contribution in [3.05, 3.63) is 82.9 Å². The Morgan fingerprint density at radius 1 is 0.972 bits per heavy atom. The second-order valence-electron chi connectivity index (χ2n) is 9.92. The molecule has 184 valence electrons. The molecule has 0 radical (unpaired) electrons. The number of hydrogen-bond acceptors (Lipinski definition) is 5. The lowest BCUT2D eigenvalue weighted by molar-refractivity contribution is 0.0256. The third-order valence-corrected chi connectivity index (χ3v) is 8.04. The summed E-state index contributed by atoms with van der Waals surface area (Å²) in [4.78, 5) is 2.50. The topological polar surface area (TPSA) is 57.5 Å². The minimum absolute atomic E-state index is 0.0111. The highest BCUT2D eigenvalue weighted by Crippen LogP contribution is 2.53. The Hall–Kier alpha value is -3.20. The van der Waals surface area contributed by atoms with Gasteiger partial charge in [0.05, 0.1) is 42.0 Å². The molecule has 3 aliphatic rings. The minimum Gasteiger partial charge on any atom is -0.490 e. The Bertz CT molecular complexity index is 1260. The van der Waals surface area contributed by atoms with E-state index in [1.807, 2.05) is 30.3 Å². The van der Waals surface area contributed by atoms with Crippen molar-refractivity contribution in [1.29, 1.82) is 5.26 Å². The van der Waals surface area contributed by atoms with Gasteiger partial charge >= 0.3 is 0 Å². The summed E-state index contributed by atoms with van der Waals surface area (Å²) in [5.74, 6) is 0.668. The first kappa shape index (κ1) is 23.2. The lowest BCUT2D eigenvalue weighted by Gasteiger charge is -2.41. The number of anilines is 3. The number of para-hydroxylation sites is 1. The van der Waals surface area contributed by atoms with Crippen LogP contribution >= 0.6 is 11.6 Å². The number of nitrogens with one attached hydrogen (secondary N) is 1. The zero-order chi connectivity index (χ0) is 24.5. The van der Waals surface area contributed by atoms with Crippen LogP contribution in [0.4, 0.5) is 17.1 Å². The van der Waals surface area contributed by atoms with Crippen LogP contribution in [0.3, 0.4) is 0 Å². The SMILES string of the molecule is N#CC1c2ccc(OC3CCOCC3)cc2N(C2CCC2)C1c1ccc(Nc2ccccc2Cl)cc1. The van der Waals surface area contributed by atoms with Crippen molar-refractivity contribution in [2.24, 2.45) is 0 Å². The molecular weight excluding hydrogens is 470 g/mol. The lowest BCUT2D eigenvalue weighted by atomic mass is 9.87. The van der Waals surface area contributed by atoms with E-state index in [0.717, 1.165) is 72.8 Å². The van der Waals surface area contributed by atoms with Crippen molar-refractivity contribution >= 4 is 28.7 Å². The quantitative estimate of drug-likeness (QED) is 0.384. The standard InChI is InChI=1S/C30H30ClN3O2/c31-27-6-1-2-7-28(27)33-21-10-8-20(9-11-21)30-26(19-32)25-13-12-24(36-23-14-16-35-17-15-23)18-29(25)34(30)22-4-3-5-22/h1-2,6-13,18,22-23,26,30,33H,3-5,14-17H2. The van der Waals surface area contributed by atoms with Crippen LogP contribution < -0.4 is 15.0 Å². The molecule has 3 aromatic carbocycles. The first-order chi connectivity index (χ1) is 17.7. The van der Waals surface area contributed by atoms with Gasteiger partial charge in [-0.05, 0) is 60.7 Å². The van der Waals surface area contributed by atoms with Crippen molar-refractivity contribution in [3.63, 3.8) is 0 Å². The van der Waals surface area contributed by atoms with Crippen molar-refractivity contribution in [2.75, 3.05) is 23.4 Å². The summed E-state index contributed by atoms with van der Waals surface area (Å²) in [5.41, 5.74) is 5.26. The van der Waals surface area contributed by atoms with Crippen molar-refractivity contribution in [2.45, 2.75) is 56.2 Å². The van der Waals surface area contributed by atoms with Crippen LogP contribution in [0.25, 0.3) is 0 Å². The number of rotatable bonds is 6. The number of halogens is 1. The van der Waals surface area contributed by atoms with Gasteiger partial charge in [-0.15, -0.1) is 0 Å². The van der Waals surface area contributed by atoms with E-state index < -0.39 is 0 Å². The van der Waals surface area contributed by atoms with E-state index in [0.29, 0.717) is 11.1 Å². The molecule has 0 spiro atoms. The van der Waals surface area contributed by atoms with Gasteiger partial charge in [-0.1, -0.05) is 41.9 Å². The van der Waals surface area contributed by atoms with Crippen molar-refractivity contribution < 1.29 is 9.47 Å². The highest BCUT2D eigenvalue weighted by molar-refractivity contribution is 6.33. The summed E-state index contributed by atoms with van der Waals surface area (Å²) in [5, 5.41) is 14.4. The zero-order valence-electron chi connectivity index (χ0n) is 20.2. The second-order valence-corrected chi connectivity index (χ2v) is 10.3. The third-order valence-electron chi connectivity index (χ3n) is 7.71. The molecule has 2 aliphatic heterocycles. The van der Waals surface area contributed by atoms with Gasteiger partial charge in [0, 0.05) is 36.3 Å². The Kier molecular flexibility index (Phi) is 6.48. The molecule has 6 heteroatoms. The van der Waals surface area contributed by atoms with E-state index >= 15 is 0 Å². The monoisotopic (exact) mass is 499 g/mol. The largest absolute Gasteiger partial charge is 0.490 e. The molecule has 2 heterocycles. The van der Waals surface area contributed by atoms with Gasteiger partial charge in [0.25, 0.3) is 0 Å². The van der Waals surface area contributed by atoms with Crippen LogP contribution in [0, 0.1) is 11.3 Å².